The Morgan fingerprint density at radius 3 is 2.81 bits per heavy atom. The minimum absolute atomic E-state index is 0.312. The number of piperidine rings is 1. The molecule has 1 fully saturated rings. The largest absolute Gasteiger partial charge is 0.477 e. The van der Waals surface area contributed by atoms with Gasteiger partial charge >= 0.3 is 5.97 Å². The molecule has 1 aromatic carbocycles. The zero-order valence-corrected chi connectivity index (χ0v) is 12.1. The van der Waals surface area contributed by atoms with Gasteiger partial charge in [0, 0.05) is 18.7 Å². The fraction of sp³-hybridized carbons (Fsp3) is 0.500. The number of hydrogen-bond donors (Lipinski definition) is 0. The van der Waals surface area contributed by atoms with Crippen LogP contribution in [0, 0.1) is 0 Å². The first-order valence-electron chi connectivity index (χ1n) is 7.33. The van der Waals surface area contributed by atoms with E-state index in [1.807, 2.05) is 24.3 Å². The van der Waals surface area contributed by atoms with Crippen LogP contribution in [-0.4, -0.2) is 43.1 Å². The standard InChI is InChI=1S/C16H19NO4/c1-2-20-15(19)14-16(7-9-17(11-18)10-8-16)12-5-3-4-6-13(12)21-14/h3-6,11,14H,2,7-10H2,1H3. The second kappa shape index (κ2) is 5.39. The van der Waals surface area contributed by atoms with Crippen LogP contribution in [0.15, 0.2) is 24.3 Å². The van der Waals surface area contributed by atoms with Crippen LogP contribution in [0.1, 0.15) is 25.3 Å². The highest BCUT2D eigenvalue weighted by Gasteiger charge is 2.54. The van der Waals surface area contributed by atoms with Crippen molar-refractivity contribution in [1.29, 1.82) is 0 Å². The molecule has 1 spiro atoms. The van der Waals surface area contributed by atoms with Crippen LogP contribution in [0.4, 0.5) is 0 Å². The third-order valence-electron chi connectivity index (χ3n) is 4.51. The number of carbonyl (C=O) groups is 2. The number of carbonyl (C=O) groups excluding carboxylic acids is 2. The van der Waals surface area contributed by atoms with Crippen molar-refractivity contribution in [2.24, 2.45) is 0 Å². The van der Waals surface area contributed by atoms with Gasteiger partial charge in [0.15, 0.2) is 0 Å². The van der Waals surface area contributed by atoms with E-state index in [-0.39, 0.29) is 11.4 Å². The Bertz CT molecular complexity index is 549. The highest BCUT2D eigenvalue weighted by Crippen LogP contribution is 2.49. The Morgan fingerprint density at radius 2 is 2.14 bits per heavy atom. The summed E-state index contributed by atoms with van der Waals surface area (Å²) in [6.45, 7) is 3.40. The highest BCUT2D eigenvalue weighted by molar-refractivity contribution is 5.79. The molecule has 0 saturated carbocycles. The maximum absolute atomic E-state index is 12.3. The first-order valence-corrected chi connectivity index (χ1v) is 7.33. The monoisotopic (exact) mass is 289 g/mol. The molecule has 112 valence electrons. The fourth-order valence-electron chi connectivity index (χ4n) is 3.41. The highest BCUT2D eigenvalue weighted by atomic mass is 16.6. The maximum Gasteiger partial charge on any atom is 0.348 e. The van der Waals surface area contributed by atoms with Gasteiger partial charge in [-0.2, -0.15) is 0 Å². The third kappa shape index (κ3) is 2.17. The lowest BCUT2D eigenvalue weighted by Gasteiger charge is -2.39. The quantitative estimate of drug-likeness (QED) is 0.625. The number of benzene rings is 1. The minimum Gasteiger partial charge on any atom is -0.477 e. The molecule has 0 N–H and O–H groups in total. The first-order chi connectivity index (χ1) is 10.2. The Balaban J connectivity index is 1.96. The normalized spacial score (nSPS) is 22.5. The summed E-state index contributed by atoms with van der Waals surface area (Å²) in [5.74, 6) is 0.448. The van der Waals surface area contributed by atoms with E-state index < -0.39 is 6.10 Å². The maximum atomic E-state index is 12.3. The summed E-state index contributed by atoms with van der Waals surface area (Å²) in [7, 11) is 0. The predicted molar refractivity (Wildman–Crippen MR) is 76.0 cm³/mol. The third-order valence-corrected chi connectivity index (χ3v) is 4.51. The summed E-state index contributed by atoms with van der Waals surface area (Å²) in [5, 5.41) is 0. The zero-order valence-electron chi connectivity index (χ0n) is 12.1. The van der Waals surface area contributed by atoms with Gasteiger partial charge in [-0.15, -0.1) is 0 Å². The summed E-state index contributed by atoms with van der Waals surface area (Å²) in [6, 6.07) is 7.78. The molecule has 2 aliphatic rings. The zero-order chi connectivity index (χ0) is 14.9. The smallest absolute Gasteiger partial charge is 0.348 e. The Hall–Kier alpha value is -2.04. The fourth-order valence-corrected chi connectivity index (χ4v) is 3.41. The van der Waals surface area contributed by atoms with Gasteiger partial charge in [-0.3, -0.25) is 4.79 Å². The summed E-state index contributed by atoms with van der Waals surface area (Å²) in [6.07, 6.45) is 1.69. The Kier molecular flexibility index (Phi) is 3.57. The van der Waals surface area contributed by atoms with Gasteiger partial charge in [-0.05, 0) is 25.8 Å². The molecule has 0 bridgehead atoms. The van der Waals surface area contributed by atoms with Gasteiger partial charge in [0.1, 0.15) is 5.75 Å². The molecule has 2 heterocycles. The molecule has 1 atom stereocenters. The topological polar surface area (TPSA) is 55.8 Å². The Morgan fingerprint density at radius 1 is 1.43 bits per heavy atom. The van der Waals surface area contributed by atoms with Gasteiger partial charge in [-0.25, -0.2) is 4.79 Å². The number of amides is 1. The van der Waals surface area contributed by atoms with Crippen LogP contribution in [0.25, 0.3) is 0 Å². The minimum atomic E-state index is -0.608. The van der Waals surface area contributed by atoms with E-state index in [9.17, 15) is 9.59 Å². The lowest BCUT2D eigenvalue weighted by molar-refractivity contribution is -0.154. The van der Waals surface area contributed by atoms with Crippen LogP contribution in [0.5, 0.6) is 5.75 Å². The second-order valence-corrected chi connectivity index (χ2v) is 5.54. The van der Waals surface area contributed by atoms with E-state index in [1.165, 1.54) is 0 Å². The number of hydrogen-bond acceptors (Lipinski definition) is 4. The summed E-state index contributed by atoms with van der Waals surface area (Å²) >= 11 is 0. The van der Waals surface area contributed by atoms with Crippen LogP contribution >= 0.6 is 0 Å². The SMILES string of the molecule is CCOC(=O)C1Oc2ccccc2C12CCN(C=O)CC2. The molecule has 0 aromatic heterocycles. The number of fused-ring (bicyclic) bond motifs is 2. The molecule has 1 aromatic rings. The van der Waals surface area contributed by atoms with Gasteiger partial charge in [0.05, 0.1) is 12.0 Å². The average molecular weight is 289 g/mol. The van der Waals surface area contributed by atoms with Crippen molar-refractivity contribution < 1.29 is 19.1 Å². The van der Waals surface area contributed by atoms with Crippen LogP contribution in [-0.2, 0) is 19.7 Å². The van der Waals surface area contributed by atoms with Crippen molar-refractivity contribution in [2.45, 2.75) is 31.3 Å². The van der Waals surface area contributed by atoms with E-state index in [0.717, 1.165) is 17.7 Å². The molecule has 0 aliphatic carbocycles. The van der Waals surface area contributed by atoms with Crippen LogP contribution in [0.3, 0.4) is 0 Å². The van der Waals surface area contributed by atoms with Crippen molar-refractivity contribution >= 4 is 12.4 Å². The van der Waals surface area contributed by atoms with Gasteiger partial charge in [0.2, 0.25) is 12.5 Å². The molecule has 3 rings (SSSR count). The van der Waals surface area contributed by atoms with Gasteiger partial charge < -0.3 is 14.4 Å². The summed E-state index contributed by atoms with van der Waals surface area (Å²) < 4.78 is 11.1. The summed E-state index contributed by atoms with van der Waals surface area (Å²) in [5.41, 5.74) is 0.691. The van der Waals surface area contributed by atoms with Crippen molar-refractivity contribution in [3.05, 3.63) is 29.8 Å². The van der Waals surface area contributed by atoms with Crippen molar-refractivity contribution in [1.82, 2.24) is 4.90 Å². The lowest BCUT2D eigenvalue weighted by atomic mass is 9.70. The molecule has 21 heavy (non-hydrogen) atoms. The molecule has 1 saturated heterocycles. The van der Waals surface area contributed by atoms with E-state index >= 15 is 0 Å². The molecular weight excluding hydrogens is 270 g/mol. The summed E-state index contributed by atoms with van der Waals surface area (Å²) in [4.78, 5) is 25.0. The molecule has 2 aliphatic heterocycles. The van der Waals surface area contributed by atoms with E-state index in [2.05, 4.69) is 0 Å². The van der Waals surface area contributed by atoms with E-state index in [1.54, 1.807) is 11.8 Å². The number of ether oxygens (including phenoxy) is 2. The van der Waals surface area contributed by atoms with E-state index in [4.69, 9.17) is 9.47 Å². The molecule has 0 radical (unpaired) electrons. The molecule has 5 nitrogen and oxygen atoms in total. The molecule has 1 unspecified atom stereocenters. The lowest BCUT2D eigenvalue weighted by Crippen LogP contribution is -2.51. The second-order valence-electron chi connectivity index (χ2n) is 5.54. The number of para-hydroxylation sites is 1. The molecular formula is C16H19NO4. The number of esters is 1. The van der Waals surface area contributed by atoms with Crippen molar-refractivity contribution in [3.63, 3.8) is 0 Å². The van der Waals surface area contributed by atoms with Crippen LogP contribution in [0.2, 0.25) is 0 Å². The average Bonchev–Trinajstić information content (AvgIpc) is 2.83. The number of likely N-dealkylation sites (tertiary alicyclic amines) is 1. The molecule has 5 heteroatoms. The first kappa shape index (κ1) is 13.9. The van der Waals surface area contributed by atoms with E-state index in [0.29, 0.717) is 32.5 Å². The number of nitrogens with zero attached hydrogens (tertiary/aromatic N) is 1. The predicted octanol–water partition coefficient (Wildman–Crippen LogP) is 1.50. The molecule has 1 amide bonds. The van der Waals surface area contributed by atoms with Gasteiger partial charge in [0.25, 0.3) is 0 Å². The van der Waals surface area contributed by atoms with Gasteiger partial charge in [-0.1, -0.05) is 18.2 Å². The van der Waals surface area contributed by atoms with Crippen molar-refractivity contribution in [3.8, 4) is 5.75 Å². The van der Waals surface area contributed by atoms with Crippen LogP contribution < -0.4 is 4.74 Å². The van der Waals surface area contributed by atoms with Crippen molar-refractivity contribution in [2.75, 3.05) is 19.7 Å². The Labute approximate surface area is 123 Å². The number of rotatable bonds is 3.